The predicted octanol–water partition coefficient (Wildman–Crippen LogP) is 3.82. The summed E-state index contributed by atoms with van der Waals surface area (Å²) in [5.74, 6) is 0.899. The van der Waals surface area contributed by atoms with E-state index in [1.807, 2.05) is 36.6 Å². The van der Waals surface area contributed by atoms with Crippen molar-refractivity contribution in [3.05, 3.63) is 47.1 Å². The third-order valence-corrected chi connectivity index (χ3v) is 6.38. The number of pyridine rings is 1. The molecule has 0 atom stereocenters. The number of halogens is 1. The smallest absolute Gasteiger partial charge is 0.235 e. The van der Waals surface area contributed by atoms with E-state index in [-0.39, 0.29) is 5.91 Å². The van der Waals surface area contributed by atoms with Crippen LogP contribution in [0.25, 0.3) is 0 Å². The van der Waals surface area contributed by atoms with Gasteiger partial charge in [-0.3, -0.25) is 9.69 Å². The average Bonchev–Trinajstić information content (AvgIpc) is 2.95. The van der Waals surface area contributed by atoms with E-state index < -0.39 is 5.41 Å². The number of benzene rings is 1. The third kappa shape index (κ3) is 3.66. The minimum absolute atomic E-state index is 0.107. The first-order valence-electron chi connectivity index (χ1n) is 9.07. The maximum atomic E-state index is 12.7. The lowest BCUT2D eigenvalue weighted by molar-refractivity contribution is -0.122. The minimum Gasteiger partial charge on any atom is -0.491 e. The van der Waals surface area contributed by atoms with Gasteiger partial charge in [0.1, 0.15) is 12.4 Å². The van der Waals surface area contributed by atoms with Crippen LogP contribution in [0, 0.1) is 0 Å². The van der Waals surface area contributed by atoms with Gasteiger partial charge in [-0.1, -0.05) is 11.6 Å². The number of nitrogens with one attached hydrogen (secondary N) is 1. The number of piperidine rings is 1. The van der Waals surface area contributed by atoms with Gasteiger partial charge >= 0.3 is 0 Å². The van der Waals surface area contributed by atoms with Gasteiger partial charge in [-0.05, 0) is 68.1 Å². The Labute approximate surface area is 168 Å². The highest BCUT2D eigenvalue weighted by Crippen LogP contribution is 2.45. The molecule has 142 valence electrons. The number of anilines is 1. The Morgan fingerprint density at radius 2 is 2.11 bits per heavy atom. The lowest BCUT2D eigenvalue weighted by Crippen LogP contribution is -2.47. The highest BCUT2D eigenvalue weighted by molar-refractivity contribution is 7.98. The zero-order valence-electron chi connectivity index (χ0n) is 15.2. The third-order valence-electron chi connectivity index (χ3n) is 5.48. The fraction of sp³-hybridized carbons (Fsp3) is 0.400. The lowest BCUT2D eigenvalue weighted by Gasteiger charge is -2.37. The van der Waals surface area contributed by atoms with E-state index in [0.717, 1.165) is 54.5 Å². The summed E-state index contributed by atoms with van der Waals surface area (Å²) in [6, 6.07) is 9.59. The summed E-state index contributed by atoms with van der Waals surface area (Å²) in [6.07, 6.45) is 5.37. The summed E-state index contributed by atoms with van der Waals surface area (Å²) in [7, 11) is 0. The number of thioether (sulfide) groups is 1. The number of amides is 1. The zero-order chi connectivity index (χ0) is 18.9. The number of aromatic nitrogens is 1. The summed E-state index contributed by atoms with van der Waals surface area (Å²) < 4.78 is 5.81. The van der Waals surface area contributed by atoms with Crippen LogP contribution in [-0.2, 0) is 10.2 Å². The molecule has 1 aromatic carbocycles. The topological polar surface area (TPSA) is 54.5 Å². The number of ether oxygens (including phenoxy) is 1. The largest absolute Gasteiger partial charge is 0.491 e. The molecule has 3 heterocycles. The van der Waals surface area contributed by atoms with Crippen LogP contribution < -0.4 is 10.1 Å². The Bertz CT molecular complexity index is 836. The molecular formula is C20H22ClN3O2S. The molecule has 0 aliphatic carbocycles. The van der Waals surface area contributed by atoms with Gasteiger partial charge < -0.3 is 10.1 Å². The molecule has 1 N–H and O–H groups in total. The second-order valence-electron chi connectivity index (χ2n) is 6.95. The summed E-state index contributed by atoms with van der Waals surface area (Å²) >= 11 is 7.79. The van der Waals surface area contributed by atoms with Crippen LogP contribution in [0.3, 0.4) is 0 Å². The van der Waals surface area contributed by atoms with Crippen molar-refractivity contribution in [2.75, 3.05) is 37.8 Å². The fourth-order valence-corrected chi connectivity index (χ4v) is 4.44. The van der Waals surface area contributed by atoms with Gasteiger partial charge in [0.2, 0.25) is 5.91 Å². The number of nitrogens with zero attached hydrogens (tertiary/aromatic N) is 2. The van der Waals surface area contributed by atoms with Crippen LogP contribution in [0.5, 0.6) is 5.75 Å². The van der Waals surface area contributed by atoms with Crippen molar-refractivity contribution < 1.29 is 9.53 Å². The molecule has 4 rings (SSSR count). The van der Waals surface area contributed by atoms with E-state index in [1.54, 1.807) is 18.0 Å². The first-order chi connectivity index (χ1) is 13.1. The van der Waals surface area contributed by atoms with Gasteiger partial charge in [0.25, 0.3) is 0 Å². The summed E-state index contributed by atoms with van der Waals surface area (Å²) in [5.41, 5.74) is 1.52. The minimum atomic E-state index is -0.435. The Kier molecular flexibility index (Phi) is 5.30. The Morgan fingerprint density at radius 1 is 1.30 bits per heavy atom. The fourth-order valence-electron chi connectivity index (χ4n) is 3.91. The molecule has 7 heteroatoms. The molecule has 27 heavy (non-hydrogen) atoms. The number of carbonyl (C=O) groups excluding carboxylic acids is 1. The predicted molar refractivity (Wildman–Crippen MR) is 109 cm³/mol. The lowest BCUT2D eigenvalue weighted by atomic mass is 9.73. The second kappa shape index (κ2) is 7.70. The normalized spacial score (nSPS) is 18.4. The molecule has 0 bridgehead atoms. The van der Waals surface area contributed by atoms with Crippen LogP contribution in [0.1, 0.15) is 18.4 Å². The van der Waals surface area contributed by atoms with Crippen molar-refractivity contribution in [1.29, 1.82) is 0 Å². The van der Waals surface area contributed by atoms with Gasteiger partial charge in [-0.2, -0.15) is 0 Å². The van der Waals surface area contributed by atoms with E-state index in [4.69, 9.17) is 16.3 Å². The summed E-state index contributed by atoms with van der Waals surface area (Å²) in [6.45, 7) is 3.19. The maximum absolute atomic E-state index is 12.7. The number of hydrogen-bond donors (Lipinski definition) is 1. The molecule has 2 aromatic rings. The summed E-state index contributed by atoms with van der Waals surface area (Å²) in [4.78, 5) is 19.3. The van der Waals surface area contributed by atoms with E-state index >= 15 is 0 Å². The number of rotatable bonds is 5. The first-order valence-corrected chi connectivity index (χ1v) is 10.7. The molecule has 0 unspecified atom stereocenters. The van der Waals surface area contributed by atoms with Gasteiger partial charge in [-0.15, -0.1) is 11.8 Å². The van der Waals surface area contributed by atoms with Crippen molar-refractivity contribution in [2.24, 2.45) is 0 Å². The van der Waals surface area contributed by atoms with Gasteiger partial charge in [0.05, 0.1) is 16.6 Å². The number of fused-ring (bicyclic) bond motifs is 2. The molecular weight excluding hydrogens is 382 g/mol. The standard InChI is InChI=1S/C20H22ClN3O2S/c1-27-18-5-3-15(13-22-18)26-11-10-24-8-6-20(7-9-24)16-12-14(21)2-4-17(16)23-19(20)25/h2-5,12-13H,6-11H2,1H3,(H,23,25). The number of hydrogen-bond acceptors (Lipinski definition) is 5. The van der Waals surface area contributed by atoms with Gasteiger partial charge in [0, 0.05) is 17.3 Å². The summed E-state index contributed by atoms with van der Waals surface area (Å²) in [5, 5.41) is 4.69. The Hall–Kier alpha value is -1.76. The molecule has 0 radical (unpaired) electrons. The van der Waals surface area contributed by atoms with Gasteiger partial charge in [0.15, 0.2) is 0 Å². The molecule has 1 amide bonds. The van der Waals surface area contributed by atoms with Crippen molar-refractivity contribution >= 4 is 35.0 Å². The zero-order valence-corrected chi connectivity index (χ0v) is 16.8. The van der Waals surface area contributed by atoms with Crippen molar-refractivity contribution in [3.8, 4) is 5.75 Å². The molecule has 0 saturated carbocycles. The van der Waals surface area contributed by atoms with Crippen molar-refractivity contribution in [3.63, 3.8) is 0 Å². The Balaban J connectivity index is 1.33. The van der Waals surface area contributed by atoms with Crippen LogP contribution in [0.15, 0.2) is 41.6 Å². The van der Waals surface area contributed by atoms with E-state index in [1.165, 1.54) is 0 Å². The highest BCUT2D eigenvalue weighted by atomic mass is 35.5. The average molecular weight is 404 g/mol. The van der Waals surface area contributed by atoms with Crippen LogP contribution in [0.4, 0.5) is 5.69 Å². The second-order valence-corrected chi connectivity index (χ2v) is 8.22. The molecule has 5 nitrogen and oxygen atoms in total. The van der Waals surface area contributed by atoms with Crippen molar-refractivity contribution in [2.45, 2.75) is 23.3 Å². The molecule has 1 aromatic heterocycles. The quantitative estimate of drug-likeness (QED) is 0.769. The number of carbonyl (C=O) groups is 1. The highest BCUT2D eigenvalue weighted by Gasteiger charge is 2.48. The molecule has 1 fully saturated rings. The van der Waals surface area contributed by atoms with Crippen LogP contribution in [-0.4, -0.2) is 48.3 Å². The number of likely N-dealkylation sites (tertiary alicyclic amines) is 1. The molecule has 1 saturated heterocycles. The first kappa shape index (κ1) is 18.6. The monoisotopic (exact) mass is 403 g/mol. The van der Waals surface area contributed by atoms with Crippen LogP contribution in [0.2, 0.25) is 5.02 Å². The molecule has 1 spiro atoms. The van der Waals surface area contributed by atoms with Crippen LogP contribution >= 0.6 is 23.4 Å². The van der Waals surface area contributed by atoms with E-state index in [2.05, 4.69) is 15.2 Å². The van der Waals surface area contributed by atoms with Gasteiger partial charge in [-0.25, -0.2) is 4.98 Å². The Morgan fingerprint density at radius 3 is 2.81 bits per heavy atom. The molecule has 2 aliphatic heterocycles. The SMILES string of the molecule is CSc1ccc(OCCN2CCC3(CC2)C(=O)Nc2ccc(Cl)cc23)cn1. The van der Waals surface area contributed by atoms with Crippen molar-refractivity contribution in [1.82, 2.24) is 9.88 Å². The van der Waals surface area contributed by atoms with E-state index in [0.29, 0.717) is 11.6 Å². The van der Waals surface area contributed by atoms with E-state index in [9.17, 15) is 4.79 Å². The maximum Gasteiger partial charge on any atom is 0.235 e. The molecule has 2 aliphatic rings.